The number of anilines is 1. The second-order valence-corrected chi connectivity index (χ2v) is 13.4. The number of hydrogen-bond donors (Lipinski definition) is 1. The first-order chi connectivity index (χ1) is 20.3. The highest BCUT2D eigenvalue weighted by Gasteiger charge is 2.51. The number of morpholine rings is 1. The van der Waals surface area contributed by atoms with Crippen molar-refractivity contribution in [1.82, 2.24) is 9.21 Å². The average molecular weight is 640 g/mol. The van der Waals surface area contributed by atoms with E-state index in [1.807, 2.05) is 4.90 Å². The Morgan fingerprint density at radius 1 is 1.05 bits per heavy atom. The van der Waals surface area contributed by atoms with Gasteiger partial charge in [-0.2, -0.15) is 17.5 Å². The number of halogens is 4. The Kier molecular flexibility index (Phi) is 9.13. The molecule has 13 heteroatoms. The van der Waals surface area contributed by atoms with Crippen LogP contribution in [0.25, 0.3) is 0 Å². The van der Waals surface area contributed by atoms with E-state index < -0.39 is 27.8 Å². The highest BCUT2D eigenvalue weighted by molar-refractivity contribution is 7.96. The molecule has 0 spiro atoms. The number of ether oxygens (including phenoxy) is 1. The molecule has 43 heavy (non-hydrogen) atoms. The number of allylic oxidation sites excluding steroid dienone is 4. The fourth-order valence-corrected chi connectivity index (χ4v) is 7.76. The van der Waals surface area contributed by atoms with Crippen LogP contribution in [-0.2, 0) is 20.4 Å². The van der Waals surface area contributed by atoms with Crippen molar-refractivity contribution in [3.63, 3.8) is 0 Å². The van der Waals surface area contributed by atoms with Gasteiger partial charge in [-0.25, -0.2) is 12.8 Å². The minimum absolute atomic E-state index is 0.103. The lowest BCUT2D eigenvalue weighted by atomic mass is 9.95. The molecule has 3 aliphatic rings. The molecule has 2 aromatic carbocycles. The molecule has 1 aliphatic carbocycles. The van der Waals surface area contributed by atoms with Gasteiger partial charge in [0.05, 0.1) is 30.2 Å². The lowest BCUT2D eigenvalue weighted by Gasteiger charge is -2.46. The molecule has 2 saturated heterocycles. The molecular weight excluding hydrogens is 606 g/mol. The summed E-state index contributed by atoms with van der Waals surface area (Å²) >= 11 is 5.37. The molecule has 0 bridgehead atoms. The molecule has 3 atom stereocenters. The lowest BCUT2D eigenvalue weighted by molar-refractivity contribution is -0.258. The molecule has 0 unspecified atom stereocenters. The first-order valence-corrected chi connectivity index (χ1v) is 15.8. The third-order valence-electron chi connectivity index (χ3n) is 8.28. The standard InChI is InChI=1S/C30H33F4N3O4S2/c1-29(38,30(32,33)34)22-8-12-24(13-9-22)37-15-14-36(43(39,40)28-5-3-2-4-27(28)42)19-25(37)18-35-16-17-41-20-26(35)21-6-10-23(31)11-7-21/h2-3,5-13,25-26,38H,4,14-20H2,1H3/t25-,26+,29+/m0/s1. The van der Waals surface area contributed by atoms with Gasteiger partial charge in [0.2, 0.25) is 10.0 Å². The Labute approximate surface area is 254 Å². The summed E-state index contributed by atoms with van der Waals surface area (Å²) in [6, 6.07) is 11.1. The van der Waals surface area contributed by atoms with Gasteiger partial charge in [-0.15, -0.1) is 0 Å². The van der Waals surface area contributed by atoms with Crippen LogP contribution in [0.4, 0.5) is 23.2 Å². The third-order valence-corrected chi connectivity index (χ3v) is 10.7. The van der Waals surface area contributed by atoms with Gasteiger partial charge >= 0.3 is 6.18 Å². The molecule has 2 fully saturated rings. The van der Waals surface area contributed by atoms with Crippen molar-refractivity contribution in [1.29, 1.82) is 0 Å². The van der Waals surface area contributed by atoms with Crippen LogP contribution in [0.3, 0.4) is 0 Å². The Morgan fingerprint density at radius 3 is 2.40 bits per heavy atom. The molecule has 2 aromatic rings. The second-order valence-electron chi connectivity index (χ2n) is 11.1. The fraction of sp³-hybridized carbons (Fsp3) is 0.433. The van der Waals surface area contributed by atoms with Crippen LogP contribution in [0.15, 0.2) is 71.7 Å². The van der Waals surface area contributed by atoms with E-state index in [9.17, 15) is 31.1 Å². The number of nitrogens with zero attached hydrogens (tertiary/aromatic N) is 3. The van der Waals surface area contributed by atoms with Crippen molar-refractivity contribution in [2.45, 2.75) is 37.2 Å². The van der Waals surface area contributed by atoms with E-state index in [2.05, 4.69) is 4.90 Å². The summed E-state index contributed by atoms with van der Waals surface area (Å²) in [5, 5.41) is 10.1. The highest BCUT2D eigenvalue weighted by atomic mass is 32.2. The molecule has 0 radical (unpaired) electrons. The maximum atomic E-state index is 13.7. The monoisotopic (exact) mass is 639 g/mol. The quantitative estimate of drug-likeness (QED) is 0.348. The number of piperazine rings is 1. The minimum atomic E-state index is -4.85. The van der Waals surface area contributed by atoms with Crippen LogP contribution in [-0.4, -0.2) is 85.7 Å². The predicted octanol–water partition coefficient (Wildman–Crippen LogP) is 4.70. The van der Waals surface area contributed by atoms with Crippen LogP contribution in [0.2, 0.25) is 0 Å². The van der Waals surface area contributed by atoms with E-state index in [0.717, 1.165) is 5.56 Å². The van der Waals surface area contributed by atoms with Crippen LogP contribution in [0, 0.1) is 5.82 Å². The van der Waals surface area contributed by atoms with Crippen molar-refractivity contribution in [3.05, 3.63) is 88.6 Å². The number of benzene rings is 2. The number of alkyl halides is 3. The van der Waals surface area contributed by atoms with Crippen LogP contribution < -0.4 is 4.90 Å². The first-order valence-electron chi connectivity index (χ1n) is 13.9. The highest BCUT2D eigenvalue weighted by Crippen LogP contribution is 2.39. The van der Waals surface area contributed by atoms with E-state index in [4.69, 9.17) is 17.0 Å². The maximum Gasteiger partial charge on any atom is 0.421 e. The summed E-state index contributed by atoms with van der Waals surface area (Å²) in [5.41, 5.74) is -1.85. The van der Waals surface area contributed by atoms with Gasteiger partial charge in [-0.1, -0.05) is 48.6 Å². The molecule has 1 N–H and O–H groups in total. The van der Waals surface area contributed by atoms with Crippen molar-refractivity contribution in [2.24, 2.45) is 0 Å². The smallest absolute Gasteiger partial charge is 0.378 e. The van der Waals surface area contributed by atoms with E-state index >= 15 is 0 Å². The molecule has 232 valence electrons. The summed E-state index contributed by atoms with van der Waals surface area (Å²) in [6.07, 6.45) is 0.502. The van der Waals surface area contributed by atoms with Gasteiger partial charge in [-0.3, -0.25) is 4.90 Å². The molecule has 2 heterocycles. The fourth-order valence-electron chi connectivity index (χ4n) is 5.69. The summed E-state index contributed by atoms with van der Waals surface area (Å²) in [6.45, 7) is 3.03. The van der Waals surface area contributed by atoms with Gasteiger partial charge in [0, 0.05) is 49.7 Å². The summed E-state index contributed by atoms with van der Waals surface area (Å²) in [4.78, 5) is 4.61. The molecule has 2 aliphatic heterocycles. The molecule has 0 saturated carbocycles. The SMILES string of the molecule is C[C@@](O)(c1ccc(N2CCN(S(=O)(=O)C3=CC=CCC3=S)C[C@@H]2CN2CCOC[C@@H]2c2ccc(F)cc2)cc1)C(F)(F)F. The van der Waals surface area contributed by atoms with Gasteiger partial charge < -0.3 is 14.7 Å². The largest absolute Gasteiger partial charge is 0.421 e. The van der Waals surface area contributed by atoms with Crippen molar-refractivity contribution in [3.8, 4) is 0 Å². The predicted molar refractivity (Wildman–Crippen MR) is 160 cm³/mol. The number of rotatable bonds is 7. The van der Waals surface area contributed by atoms with Gasteiger partial charge in [0.25, 0.3) is 0 Å². The Hall–Kier alpha value is -2.68. The second kappa shape index (κ2) is 12.4. The summed E-state index contributed by atoms with van der Waals surface area (Å²) < 4.78 is 88.6. The van der Waals surface area contributed by atoms with Crippen LogP contribution in [0.1, 0.15) is 30.5 Å². The molecule has 0 amide bonds. The molecule has 0 aromatic heterocycles. The first kappa shape index (κ1) is 31.7. The maximum absolute atomic E-state index is 13.7. The molecule has 7 nitrogen and oxygen atoms in total. The van der Waals surface area contributed by atoms with Gasteiger partial charge in [-0.05, 0) is 48.4 Å². The minimum Gasteiger partial charge on any atom is -0.378 e. The molecule has 5 rings (SSSR count). The number of thiocarbonyl (C=S) groups is 1. The van der Waals surface area contributed by atoms with Gasteiger partial charge in [0.15, 0.2) is 5.60 Å². The third kappa shape index (κ3) is 6.57. The normalized spacial score (nSPS) is 24.1. The Balaban J connectivity index is 1.46. The topological polar surface area (TPSA) is 73.3 Å². The zero-order chi connectivity index (χ0) is 31.0. The zero-order valence-electron chi connectivity index (χ0n) is 23.5. The zero-order valence-corrected chi connectivity index (χ0v) is 25.1. The number of hydrogen-bond acceptors (Lipinski definition) is 7. The number of aliphatic hydroxyl groups is 1. The van der Waals surface area contributed by atoms with Gasteiger partial charge in [0.1, 0.15) is 5.82 Å². The summed E-state index contributed by atoms with van der Waals surface area (Å²) in [5.74, 6) is -0.357. The Morgan fingerprint density at radius 2 is 1.74 bits per heavy atom. The van der Waals surface area contributed by atoms with Crippen molar-refractivity contribution < 1.29 is 35.8 Å². The van der Waals surface area contributed by atoms with E-state index in [1.165, 1.54) is 46.8 Å². The summed E-state index contributed by atoms with van der Waals surface area (Å²) in [7, 11) is -3.89. The van der Waals surface area contributed by atoms with Crippen LogP contribution in [0.5, 0.6) is 0 Å². The lowest BCUT2D eigenvalue weighted by Crippen LogP contribution is -2.59. The van der Waals surface area contributed by atoms with E-state index in [-0.39, 0.29) is 42.0 Å². The van der Waals surface area contributed by atoms with Crippen molar-refractivity contribution in [2.75, 3.05) is 50.8 Å². The van der Waals surface area contributed by atoms with Crippen LogP contribution >= 0.6 is 12.2 Å². The molecular formula is C30H33F4N3O4S2. The van der Waals surface area contributed by atoms with E-state index in [0.29, 0.717) is 50.2 Å². The number of sulfonamides is 1. The average Bonchev–Trinajstić information content (AvgIpc) is 2.97. The van der Waals surface area contributed by atoms with Crippen molar-refractivity contribution >= 4 is 32.8 Å². The van der Waals surface area contributed by atoms with E-state index in [1.54, 1.807) is 24.3 Å². The Bertz CT molecular complexity index is 1490.